The molecule has 5 heteroatoms. The van der Waals surface area contributed by atoms with Crippen LogP contribution >= 0.6 is 11.6 Å². The van der Waals surface area contributed by atoms with Gasteiger partial charge < -0.3 is 9.64 Å². The summed E-state index contributed by atoms with van der Waals surface area (Å²) >= 11 is 5.99. The quantitative estimate of drug-likeness (QED) is 0.671. The molecule has 2 aromatic carbocycles. The van der Waals surface area contributed by atoms with Crippen LogP contribution in [-0.4, -0.2) is 29.0 Å². The first-order valence-corrected chi connectivity index (χ1v) is 9.21. The van der Waals surface area contributed by atoms with Crippen molar-refractivity contribution >= 4 is 17.5 Å². The van der Waals surface area contributed by atoms with Gasteiger partial charge in [0, 0.05) is 29.5 Å². The molecule has 1 unspecified atom stereocenters. The maximum absolute atomic E-state index is 12.7. The molecule has 0 aliphatic carbocycles. The van der Waals surface area contributed by atoms with Gasteiger partial charge in [-0.05, 0) is 34.9 Å². The lowest BCUT2D eigenvalue weighted by Gasteiger charge is -2.36. The van der Waals surface area contributed by atoms with Gasteiger partial charge in [-0.15, -0.1) is 0 Å². The number of aromatic nitrogens is 1. The molecule has 4 nitrogen and oxygen atoms in total. The van der Waals surface area contributed by atoms with Gasteiger partial charge in [-0.3, -0.25) is 9.78 Å². The highest BCUT2D eigenvalue weighted by Gasteiger charge is 2.31. The zero-order valence-electron chi connectivity index (χ0n) is 14.7. The number of halogens is 1. The highest BCUT2D eigenvalue weighted by molar-refractivity contribution is 6.30. The zero-order valence-corrected chi connectivity index (χ0v) is 15.5. The Kier molecular flexibility index (Phi) is 5.19. The number of hydrogen-bond donors (Lipinski definition) is 0. The van der Waals surface area contributed by atoms with Crippen molar-refractivity contribution in [2.75, 3.05) is 13.2 Å². The normalized spacial score (nSPS) is 17.1. The first-order valence-electron chi connectivity index (χ1n) is 8.83. The Morgan fingerprint density at radius 2 is 1.85 bits per heavy atom. The third kappa shape index (κ3) is 3.87. The lowest BCUT2D eigenvalue weighted by Crippen LogP contribution is -2.43. The van der Waals surface area contributed by atoms with E-state index in [2.05, 4.69) is 17.1 Å². The summed E-state index contributed by atoms with van der Waals surface area (Å²) in [6, 6.07) is 19.5. The van der Waals surface area contributed by atoms with Gasteiger partial charge >= 0.3 is 0 Å². The minimum atomic E-state index is -0.189. The lowest BCUT2D eigenvalue weighted by atomic mass is 9.95. The predicted octanol–water partition coefficient (Wildman–Crippen LogP) is 4.50. The summed E-state index contributed by atoms with van der Waals surface area (Å²) in [6.07, 6.45) is 3.62. The zero-order chi connectivity index (χ0) is 18.6. The van der Waals surface area contributed by atoms with Crippen LogP contribution < -0.4 is 0 Å². The second-order valence-corrected chi connectivity index (χ2v) is 6.94. The molecular formula is C22H19ClN2O2. The van der Waals surface area contributed by atoms with Gasteiger partial charge in [0.2, 0.25) is 5.91 Å². The number of carbonyl (C=O) groups excluding carboxylic acids is 1. The molecule has 0 spiro atoms. The molecular weight excluding hydrogens is 360 g/mol. The van der Waals surface area contributed by atoms with Gasteiger partial charge in [-0.2, -0.15) is 0 Å². The first-order chi connectivity index (χ1) is 13.2. The van der Waals surface area contributed by atoms with E-state index in [1.807, 2.05) is 59.6 Å². The van der Waals surface area contributed by atoms with Crippen LogP contribution in [0.5, 0.6) is 0 Å². The van der Waals surface area contributed by atoms with E-state index in [9.17, 15) is 4.79 Å². The van der Waals surface area contributed by atoms with Gasteiger partial charge in [0.05, 0.1) is 12.6 Å². The summed E-state index contributed by atoms with van der Waals surface area (Å²) < 4.78 is 5.59. The van der Waals surface area contributed by atoms with Gasteiger partial charge in [0.15, 0.2) is 0 Å². The number of pyridine rings is 1. The van der Waals surface area contributed by atoms with Gasteiger partial charge in [0.1, 0.15) is 6.61 Å². The summed E-state index contributed by atoms with van der Waals surface area (Å²) in [5.41, 5.74) is 4.19. The Morgan fingerprint density at radius 1 is 1.07 bits per heavy atom. The van der Waals surface area contributed by atoms with Crippen LogP contribution in [0.4, 0.5) is 0 Å². The summed E-state index contributed by atoms with van der Waals surface area (Å²) in [5.74, 6) is -0.0240. The fraction of sp³-hybridized carbons (Fsp3) is 0.182. The minimum absolute atomic E-state index is 0.0240. The van der Waals surface area contributed by atoms with E-state index in [-0.39, 0.29) is 18.6 Å². The number of carbonyl (C=O) groups is 1. The Morgan fingerprint density at radius 3 is 2.63 bits per heavy atom. The fourth-order valence-corrected chi connectivity index (χ4v) is 3.53. The molecule has 0 saturated carbocycles. The Bertz CT molecular complexity index is 929. The van der Waals surface area contributed by atoms with Crippen molar-refractivity contribution in [3.05, 3.63) is 89.2 Å². The van der Waals surface area contributed by atoms with Crippen LogP contribution in [0.1, 0.15) is 17.2 Å². The van der Waals surface area contributed by atoms with E-state index >= 15 is 0 Å². The topological polar surface area (TPSA) is 42.4 Å². The molecule has 1 saturated heterocycles. The second kappa shape index (κ2) is 7.91. The molecule has 1 aromatic heterocycles. The second-order valence-electron chi connectivity index (χ2n) is 6.51. The third-order valence-electron chi connectivity index (χ3n) is 4.76. The number of ether oxygens (including phenoxy) is 1. The Labute approximate surface area is 163 Å². The van der Waals surface area contributed by atoms with Crippen molar-refractivity contribution < 1.29 is 9.53 Å². The largest absolute Gasteiger partial charge is 0.369 e. The Balaban J connectivity index is 1.70. The van der Waals surface area contributed by atoms with Crippen molar-refractivity contribution in [3.8, 4) is 11.1 Å². The first kappa shape index (κ1) is 17.7. The number of morpholine rings is 1. The molecule has 1 atom stereocenters. The molecule has 136 valence electrons. The summed E-state index contributed by atoms with van der Waals surface area (Å²) in [4.78, 5) is 18.8. The van der Waals surface area contributed by atoms with Crippen LogP contribution in [0.2, 0.25) is 5.02 Å². The summed E-state index contributed by atoms with van der Waals surface area (Å²) in [6.45, 7) is 1.06. The molecule has 4 rings (SSSR count). The van der Waals surface area contributed by atoms with Gasteiger partial charge in [0.25, 0.3) is 0 Å². The fourth-order valence-electron chi connectivity index (χ4n) is 3.40. The maximum atomic E-state index is 12.7. The molecule has 0 radical (unpaired) electrons. The SMILES string of the molecule is O=C1COCC(c2cnccc2-c2ccccc2)N1Cc1ccc(Cl)cc1. The van der Waals surface area contributed by atoms with E-state index in [4.69, 9.17) is 16.3 Å². The summed E-state index contributed by atoms with van der Waals surface area (Å²) in [7, 11) is 0. The standard InChI is InChI=1S/C22H19ClN2O2/c23-18-8-6-16(7-9-18)13-25-21(14-27-15-22(25)26)20-12-24-11-10-19(20)17-4-2-1-3-5-17/h1-12,21H,13-15H2. The van der Waals surface area contributed by atoms with E-state index in [1.165, 1.54) is 0 Å². The van der Waals surface area contributed by atoms with Gasteiger partial charge in [-0.25, -0.2) is 0 Å². The van der Waals surface area contributed by atoms with Crippen molar-refractivity contribution in [2.45, 2.75) is 12.6 Å². The predicted molar refractivity (Wildman–Crippen MR) is 105 cm³/mol. The van der Waals surface area contributed by atoms with Crippen LogP contribution in [0.3, 0.4) is 0 Å². The monoisotopic (exact) mass is 378 g/mol. The highest BCUT2D eigenvalue weighted by Crippen LogP contribution is 2.33. The number of benzene rings is 2. The average molecular weight is 379 g/mol. The molecule has 2 heterocycles. The highest BCUT2D eigenvalue weighted by atomic mass is 35.5. The molecule has 1 fully saturated rings. The Hall–Kier alpha value is -2.69. The third-order valence-corrected chi connectivity index (χ3v) is 5.01. The maximum Gasteiger partial charge on any atom is 0.249 e. The van der Waals surface area contributed by atoms with Crippen LogP contribution in [-0.2, 0) is 16.1 Å². The van der Waals surface area contributed by atoms with E-state index in [1.54, 1.807) is 6.20 Å². The molecule has 27 heavy (non-hydrogen) atoms. The molecule has 0 bridgehead atoms. The van der Waals surface area contributed by atoms with Crippen LogP contribution in [0.25, 0.3) is 11.1 Å². The van der Waals surface area contributed by atoms with Crippen molar-refractivity contribution in [3.63, 3.8) is 0 Å². The van der Waals surface area contributed by atoms with E-state index in [0.29, 0.717) is 18.2 Å². The van der Waals surface area contributed by atoms with Crippen molar-refractivity contribution in [1.82, 2.24) is 9.88 Å². The van der Waals surface area contributed by atoms with Crippen molar-refractivity contribution in [2.24, 2.45) is 0 Å². The number of nitrogens with zero attached hydrogens (tertiary/aromatic N) is 2. The molecule has 3 aromatic rings. The van der Waals surface area contributed by atoms with Crippen LogP contribution in [0.15, 0.2) is 73.1 Å². The van der Waals surface area contributed by atoms with Crippen molar-refractivity contribution in [1.29, 1.82) is 0 Å². The van der Waals surface area contributed by atoms with Gasteiger partial charge in [-0.1, -0.05) is 54.1 Å². The van der Waals surface area contributed by atoms with E-state index < -0.39 is 0 Å². The smallest absolute Gasteiger partial charge is 0.249 e. The average Bonchev–Trinajstić information content (AvgIpc) is 2.72. The molecule has 1 amide bonds. The van der Waals surface area contributed by atoms with E-state index in [0.717, 1.165) is 22.3 Å². The van der Waals surface area contributed by atoms with Crippen LogP contribution in [0, 0.1) is 0 Å². The summed E-state index contributed by atoms with van der Waals surface area (Å²) in [5, 5.41) is 0.683. The number of amides is 1. The number of hydrogen-bond acceptors (Lipinski definition) is 3. The minimum Gasteiger partial charge on any atom is -0.369 e. The molecule has 0 N–H and O–H groups in total. The molecule has 1 aliphatic heterocycles. The molecule has 1 aliphatic rings. The number of rotatable bonds is 4. The lowest BCUT2D eigenvalue weighted by molar-refractivity contribution is -0.149.